The quantitative estimate of drug-likeness (QED) is 0.585. The standard InChI is InChI=1S/C29H42FN5O2/c1-20-25(30)7-5-9-26(20)33-15-10-22(11-16-33)12-19-35-27-8-4-3-6-24(27)28(32-35)29(37)34-17-13-23(14-18-34)31-21(2)36/h5,7,9,22-23,29,37H,3-4,6,8,10-19H2,1-2H3,(H,31,36). The average Bonchev–Trinajstić information content (AvgIpc) is 3.28. The fraction of sp³-hybridized carbons (Fsp3) is 0.655. The van der Waals surface area contributed by atoms with Gasteiger partial charge in [-0.3, -0.25) is 14.4 Å². The number of carbonyl (C=O) groups excluding carboxylic acids is 1. The zero-order valence-corrected chi connectivity index (χ0v) is 22.4. The monoisotopic (exact) mass is 511 g/mol. The van der Waals surface area contributed by atoms with Crippen LogP contribution in [0.15, 0.2) is 18.2 Å². The van der Waals surface area contributed by atoms with Gasteiger partial charge in [0.05, 0.1) is 0 Å². The second-order valence-corrected chi connectivity index (χ2v) is 11.2. The molecule has 3 aliphatic rings. The SMILES string of the molecule is CC(=O)NC1CCN(C(O)c2nn(CCC3CCN(c4cccc(F)c4C)CC3)c3c2CCCC3)CC1. The first-order valence-electron chi connectivity index (χ1n) is 14.2. The lowest BCUT2D eigenvalue weighted by atomic mass is 9.92. The molecule has 0 spiro atoms. The Kier molecular flexibility index (Phi) is 8.15. The third-order valence-electron chi connectivity index (χ3n) is 8.76. The van der Waals surface area contributed by atoms with Crippen LogP contribution in [0.3, 0.4) is 0 Å². The summed E-state index contributed by atoms with van der Waals surface area (Å²) in [6, 6.07) is 5.57. The summed E-state index contributed by atoms with van der Waals surface area (Å²) in [5, 5.41) is 19.3. The smallest absolute Gasteiger partial charge is 0.217 e. The molecular formula is C29H42FN5O2. The highest BCUT2D eigenvalue weighted by molar-refractivity contribution is 5.73. The lowest BCUT2D eigenvalue weighted by Gasteiger charge is -2.35. The van der Waals surface area contributed by atoms with Gasteiger partial charge >= 0.3 is 0 Å². The molecule has 2 saturated heterocycles. The van der Waals surface area contributed by atoms with Crippen molar-refractivity contribution in [2.45, 2.75) is 90.4 Å². The van der Waals surface area contributed by atoms with Gasteiger partial charge in [-0.1, -0.05) is 6.07 Å². The number of halogens is 1. The van der Waals surface area contributed by atoms with E-state index in [4.69, 9.17) is 5.10 Å². The Balaban J connectivity index is 1.19. The number of aromatic nitrogens is 2. The average molecular weight is 512 g/mol. The number of hydrogen-bond acceptors (Lipinski definition) is 5. The van der Waals surface area contributed by atoms with E-state index in [9.17, 15) is 14.3 Å². The summed E-state index contributed by atoms with van der Waals surface area (Å²) < 4.78 is 16.2. The Morgan fingerprint density at radius 2 is 1.86 bits per heavy atom. The molecule has 1 atom stereocenters. The van der Waals surface area contributed by atoms with Gasteiger partial charge in [-0.2, -0.15) is 5.10 Å². The molecule has 1 aliphatic carbocycles. The lowest BCUT2D eigenvalue weighted by molar-refractivity contribution is -0.120. The van der Waals surface area contributed by atoms with Gasteiger partial charge in [0.1, 0.15) is 11.5 Å². The van der Waals surface area contributed by atoms with Gasteiger partial charge in [-0.25, -0.2) is 4.39 Å². The second-order valence-electron chi connectivity index (χ2n) is 11.2. The summed E-state index contributed by atoms with van der Waals surface area (Å²) in [7, 11) is 0. The van der Waals surface area contributed by atoms with Crippen LogP contribution in [0.1, 0.15) is 80.6 Å². The highest BCUT2D eigenvalue weighted by atomic mass is 19.1. The zero-order valence-electron chi connectivity index (χ0n) is 22.4. The Morgan fingerprint density at radius 1 is 1.14 bits per heavy atom. The molecule has 8 heteroatoms. The molecule has 37 heavy (non-hydrogen) atoms. The predicted octanol–water partition coefficient (Wildman–Crippen LogP) is 4.11. The number of hydrogen-bond donors (Lipinski definition) is 2. The minimum Gasteiger partial charge on any atom is -0.372 e. The first-order chi connectivity index (χ1) is 17.9. The van der Waals surface area contributed by atoms with Gasteiger partial charge in [0.2, 0.25) is 5.91 Å². The van der Waals surface area contributed by atoms with E-state index in [1.165, 1.54) is 23.7 Å². The van der Waals surface area contributed by atoms with E-state index < -0.39 is 6.23 Å². The van der Waals surface area contributed by atoms with E-state index in [-0.39, 0.29) is 17.8 Å². The van der Waals surface area contributed by atoms with Crippen molar-refractivity contribution in [3.05, 3.63) is 46.5 Å². The molecule has 2 fully saturated rings. The number of fused-ring (bicyclic) bond motifs is 1. The fourth-order valence-corrected chi connectivity index (χ4v) is 6.55. The molecule has 1 unspecified atom stereocenters. The number of benzene rings is 1. The number of amides is 1. The molecule has 5 rings (SSSR count). The summed E-state index contributed by atoms with van der Waals surface area (Å²) in [4.78, 5) is 15.8. The number of piperidine rings is 2. The Morgan fingerprint density at radius 3 is 2.59 bits per heavy atom. The van der Waals surface area contributed by atoms with Crippen molar-refractivity contribution in [3.63, 3.8) is 0 Å². The largest absolute Gasteiger partial charge is 0.372 e. The van der Waals surface area contributed by atoms with Crippen LogP contribution in [-0.4, -0.2) is 57.9 Å². The van der Waals surface area contributed by atoms with Crippen molar-refractivity contribution < 1.29 is 14.3 Å². The summed E-state index contributed by atoms with van der Waals surface area (Å²) in [6.45, 7) is 7.77. The van der Waals surface area contributed by atoms with E-state index in [0.717, 1.165) is 101 Å². The minimum absolute atomic E-state index is 0.0153. The van der Waals surface area contributed by atoms with Crippen LogP contribution in [0.5, 0.6) is 0 Å². The van der Waals surface area contributed by atoms with Crippen LogP contribution in [-0.2, 0) is 24.2 Å². The zero-order chi connectivity index (χ0) is 25.9. The molecule has 0 radical (unpaired) electrons. The first-order valence-corrected chi connectivity index (χ1v) is 14.2. The van der Waals surface area contributed by atoms with Crippen molar-refractivity contribution >= 4 is 11.6 Å². The molecule has 1 aromatic heterocycles. The summed E-state index contributed by atoms with van der Waals surface area (Å²) >= 11 is 0. The summed E-state index contributed by atoms with van der Waals surface area (Å²) in [6.07, 6.45) is 8.71. The van der Waals surface area contributed by atoms with Gasteiger partial charge in [-0.05, 0) is 82.8 Å². The highest BCUT2D eigenvalue weighted by Crippen LogP contribution is 2.33. The third-order valence-corrected chi connectivity index (χ3v) is 8.76. The summed E-state index contributed by atoms with van der Waals surface area (Å²) in [5.74, 6) is 0.523. The van der Waals surface area contributed by atoms with E-state index in [2.05, 4.69) is 19.8 Å². The van der Waals surface area contributed by atoms with Crippen molar-refractivity contribution in [2.75, 3.05) is 31.1 Å². The molecule has 7 nitrogen and oxygen atoms in total. The molecule has 202 valence electrons. The van der Waals surface area contributed by atoms with Crippen LogP contribution >= 0.6 is 0 Å². The second kappa shape index (κ2) is 11.5. The molecule has 1 aromatic carbocycles. The van der Waals surface area contributed by atoms with Crippen LogP contribution in [0.25, 0.3) is 0 Å². The number of aryl methyl sites for hydroxylation is 1. The number of likely N-dealkylation sites (tertiary alicyclic amines) is 1. The highest BCUT2D eigenvalue weighted by Gasteiger charge is 2.31. The van der Waals surface area contributed by atoms with E-state index in [0.29, 0.717) is 5.92 Å². The lowest BCUT2D eigenvalue weighted by Crippen LogP contribution is -2.45. The van der Waals surface area contributed by atoms with E-state index in [1.54, 1.807) is 6.92 Å². The number of aliphatic hydroxyl groups is 1. The van der Waals surface area contributed by atoms with Crippen LogP contribution in [0, 0.1) is 18.7 Å². The number of carbonyl (C=O) groups is 1. The van der Waals surface area contributed by atoms with Gasteiger partial charge in [-0.15, -0.1) is 0 Å². The number of rotatable bonds is 7. The van der Waals surface area contributed by atoms with Crippen molar-refractivity contribution in [3.8, 4) is 0 Å². The topological polar surface area (TPSA) is 73.6 Å². The van der Waals surface area contributed by atoms with Crippen LogP contribution in [0.2, 0.25) is 0 Å². The summed E-state index contributed by atoms with van der Waals surface area (Å²) in [5.41, 5.74) is 5.21. The van der Waals surface area contributed by atoms with Gasteiger partial charge in [0, 0.05) is 68.2 Å². The van der Waals surface area contributed by atoms with Crippen molar-refractivity contribution in [2.24, 2.45) is 5.92 Å². The minimum atomic E-state index is -0.677. The maximum atomic E-state index is 14.0. The molecule has 1 amide bonds. The van der Waals surface area contributed by atoms with Crippen LogP contribution < -0.4 is 10.2 Å². The molecular weight excluding hydrogens is 469 g/mol. The maximum absolute atomic E-state index is 14.0. The number of aliphatic hydroxyl groups excluding tert-OH is 1. The van der Waals surface area contributed by atoms with Crippen LogP contribution in [0.4, 0.5) is 10.1 Å². The Bertz CT molecular complexity index is 1090. The molecule has 0 saturated carbocycles. The molecule has 2 aromatic rings. The number of nitrogens with zero attached hydrogens (tertiary/aromatic N) is 4. The predicted molar refractivity (Wildman–Crippen MR) is 143 cm³/mol. The molecule has 3 heterocycles. The normalized spacial score (nSPS) is 20.6. The Labute approximate surface area is 220 Å². The molecule has 2 aliphatic heterocycles. The van der Waals surface area contributed by atoms with Gasteiger partial charge in [0.25, 0.3) is 0 Å². The van der Waals surface area contributed by atoms with Gasteiger partial charge in [0.15, 0.2) is 6.23 Å². The fourth-order valence-electron chi connectivity index (χ4n) is 6.55. The number of anilines is 1. The molecule has 0 bridgehead atoms. The van der Waals surface area contributed by atoms with E-state index >= 15 is 0 Å². The first kappa shape index (κ1) is 26.2. The maximum Gasteiger partial charge on any atom is 0.217 e. The number of nitrogens with one attached hydrogen (secondary N) is 1. The molecule has 2 N–H and O–H groups in total. The Hall–Kier alpha value is -2.45. The van der Waals surface area contributed by atoms with Gasteiger partial charge < -0.3 is 15.3 Å². The van der Waals surface area contributed by atoms with E-state index in [1.807, 2.05) is 19.1 Å². The van der Waals surface area contributed by atoms with Crippen molar-refractivity contribution in [1.29, 1.82) is 0 Å². The third kappa shape index (κ3) is 5.85. The van der Waals surface area contributed by atoms with Crippen molar-refractivity contribution in [1.82, 2.24) is 20.0 Å².